The zero-order valence-electron chi connectivity index (χ0n) is 10.8. The molecule has 4 N–H and O–H groups in total. The van der Waals surface area contributed by atoms with E-state index in [9.17, 15) is 9.69 Å². The minimum atomic E-state index is -3.52. The number of para-hydroxylation sites is 1. The molecule has 0 aliphatic carbocycles. The third-order valence-corrected chi connectivity index (χ3v) is 3.93. The molecule has 0 saturated carbocycles. The van der Waals surface area contributed by atoms with Gasteiger partial charge >= 0.3 is 14.1 Å². The number of nitrogens with two attached hydrogens (primary N) is 1. The van der Waals surface area contributed by atoms with Crippen molar-refractivity contribution in [3.05, 3.63) is 29.8 Å². The van der Waals surface area contributed by atoms with Crippen LogP contribution in [-0.2, 0) is 15.9 Å². The molecule has 1 aliphatic heterocycles. The summed E-state index contributed by atoms with van der Waals surface area (Å²) in [7, 11) is -2.08. The third-order valence-electron chi connectivity index (χ3n) is 2.57. The number of aliphatic carboxylic acids is 1. The van der Waals surface area contributed by atoms with Crippen molar-refractivity contribution < 1.29 is 23.8 Å². The quantitative estimate of drug-likeness (QED) is 0.425. The summed E-state index contributed by atoms with van der Waals surface area (Å²) in [5.74, 6) is -0.749. The number of carbonyl (C=O) groups is 1. The van der Waals surface area contributed by atoms with E-state index in [1.54, 1.807) is 12.1 Å². The van der Waals surface area contributed by atoms with Gasteiger partial charge in [-0.05, 0) is 6.07 Å². The lowest BCUT2D eigenvalue weighted by Crippen LogP contribution is -2.38. The van der Waals surface area contributed by atoms with Crippen LogP contribution in [0.4, 0.5) is 0 Å². The smallest absolute Gasteiger partial charge is 0.480 e. The minimum absolute atomic E-state index is 0.153. The molecule has 0 saturated heterocycles. The normalized spacial score (nSPS) is 21.8. The van der Waals surface area contributed by atoms with Gasteiger partial charge in [0.15, 0.2) is 5.75 Å². The van der Waals surface area contributed by atoms with Crippen LogP contribution < -0.4 is 10.3 Å². The number of rotatable bonds is 3. The topological polar surface area (TPSA) is 118 Å². The first-order valence-corrected chi connectivity index (χ1v) is 7.25. The molecular weight excluding hydrogens is 285 g/mol. The fraction of sp³-hybridized carbons (Fsp3) is 0.273. The summed E-state index contributed by atoms with van der Waals surface area (Å²) in [5.41, 5.74) is 6.42. The highest BCUT2D eigenvalue weighted by Gasteiger charge is 2.48. The fourth-order valence-electron chi connectivity index (χ4n) is 1.56. The van der Waals surface area contributed by atoms with E-state index in [2.05, 4.69) is 4.76 Å². The van der Waals surface area contributed by atoms with Crippen LogP contribution in [0.15, 0.2) is 29.0 Å². The molecule has 20 heavy (non-hydrogen) atoms. The first-order chi connectivity index (χ1) is 9.39. The minimum Gasteiger partial charge on any atom is -0.480 e. The number of carboxylic acids is 1. The number of benzene rings is 1. The molecule has 2 rings (SSSR count). The summed E-state index contributed by atoms with van der Waals surface area (Å²) >= 11 is 0. The standard InChI is InChI=1S/C11H14N3O5P/c1-14(6-10(15)16)11(12)13-20(17)18-7-8-4-2-3-5-9(8)19-20/h2-5,17H,6-7H2,1H3,(H2-,12,13,15,16)/p+1. The highest BCUT2D eigenvalue weighted by atomic mass is 31.2. The lowest BCUT2D eigenvalue weighted by atomic mass is 10.2. The van der Waals surface area contributed by atoms with E-state index >= 15 is 0 Å². The highest BCUT2D eigenvalue weighted by molar-refractivity contribution is 7.59. The lowest BCUT2D eigenvalue weighted by Gasteiger charge is -2.20. The Morgan fingerprint density at radius 3 is 2.95 bits per heavy atom. The van der Waals surface area contributed by atoms with Crippen molar-refractivity contribution in [3.63, 3.8) is 0 Å². The molecule has 1 atom stereocenters. The Morgan fingerprint density at radius 1 is 1.55 bits per heavy atom. The van der Waals surface area contributed by atoms with E-state index in [4.69, 9.17) is 19.9 Å². The predicted molar refractivity (Wildman–Crippen MR) is 72.9 cm³/mol. The van der Waals surface area contributed by atoms with E-state index < -0.39 is 14.1 Å². The third kappa shape index (κ3) is 3.36. The SMILES string of the molecule is CN(CC(=O)O)C(N)=N[P+]1(O)OCc2ccccc2O1. The van der Waals surface area contributed by atoms with Gasteiger partial charge in [0.25, 0.3) is 0 Å². The first kappa shape index (κ1) is 14.5. The first-order valence-electron chi connectivity index (χ1n) is 5.72. The number of guanidine groups is 1. The number of hydrogen-bond donors (Lipinski definition) is 3. The molecule has 9 heteroatoms. The van der Waals surface area contributed by atoms with E-state index in [-0.39, 0.29) is 19.1 Å². The molecular formula is C11H15N3O5P+. The molecule has 1 aliphatic rings. The molecule has 8 nitrogen and oxygen atoms in total. The van der Waals surface area contributed by atoms with Crippen molar-refractivity contribution in [2.45, 2.75) is 6.61 Å². The Labute approximate surface area is 116 Å². The van der Waals surface area contributed by atoms with Crippen LogP contribution in [0, 0.1) is 0 Å². The average Bonchev–Trinajstić information content (AvgIpc) is 2.37. The zero-order valence-corrected chi connectivity index (χ0v) is 11.7. The second-order valence-corrected chi connectivity index (χ2v) is 5.79. The van der Waals surface area contributed by atoms with Crippen molar-refractivity contribution >= 4 is 20.0 Å². The van der Waals surface area contributed by atoms with E-state index in [0.717, 1.165) is 5.56 Å². The molecule has 1 aromatic carbocycles. The summed E-state index contributed by atoms with van der Waals surface area (Å²) < 4.78 is 14.4. The van der Waals surface area contributed by atoms with Crippen LogP contribution in [0.3, 0.4) is 0 Å². The van der Waals surface area contributed by atoms with Gasteiger partial charge < -0.3 is 15.7 Å². The van der Waals surface area contributed by atoms with Gasteiger partial charge in [-0.3, -0.25) is 9.32 Å². The van der Waals surface area contributed by atoms with Crippen LogP contribution in [0.5, 0.6) is 5.75 Å². The Morgan fingerprint density at radius 2 is 2.25 bits per heavy atom. The van der Waals surface area contributed by atoms with Gasteiger partial charge in [0.1, 0.15) is 13.2 Å². The number of fused-ring (bicyclic) bond motifs is 1. The molecule has 1 unspecified atom stereocenters. The molecule has 0 fully saturated rings. The maximum absolute atomic E-state index is 10.6. The Kier molecular flexibility index (Phi) is 4.08. The molecule has 108 valence electrons. The van der Waals surface area contributed by atoms with Crippen molar-refractivity contribution in [2.75, 3.05) is 13.6 Å². The Hall–Kier alpha value is -1.89. The maximum Gasteiger partial charge on any atom is 0.600 e. The summed E-state index contributed by atoms with van der Waals surface area (Å²) in [4.78, 5) is 22.0. The van der Waals surface area contributed by atoms with Crippen LogP contribution in [-0.4, -0.2) is 40.4 Å². The van der Waals surface area contributed by atoms with E-state index in [1.807, 2.05) is 12.1 Å². The second-order valence-electron chi connectivity index (χ2n) is 4.17. The largest absolute Gasteiger partial charge is 0.600 e. The molecule has 0 bridgehead atoms. The van der Waals surface area contributed by atoms with Crippen LogP contribution in [0.1, 0.15) is 5.56 Å². The van der Waals surface area contributed by atoms with Crippen molar-refractivity contribution in [1.82, 2.24) is 4.90 Å². The second kappa shape index (κ2) is 5.62. The number of carboxylic acid groups (broad SMARTS) is 1. The van der Waals surface area contributed by atoms with Crippen LogP contribution in [0.2, 0.25) is 0 Å². The van der Waals surface area contributed by atoms with Crippen molar-refractivity contribution in [1.29, 1.82) is 0 Å². The van der Waals surface area contributed by atoms with Crippen LogP contribution in [0.25, 0.3) is 0 Å². The van der Waals surface area contributed by atoms with Gasteiger partial charge in [0.2, 0.25) is 5.96 Å². The average molecular weight is 300 g/mol. The number of likely N-dealkylation sites (N-methyl/N-ethyl adjacent to an activating group) is 1. The van der Waals surface area contributed by atoms with Crippen LogP contribution >= 0.6 is 8.09 Å². The van der Waals surface area contributed by atoms with Gasteiger partial charge in [-0.1, -0.05) is 18.2 Å². The van der Waals surface area contributed by atoms with Crippen molar-refractivity contribution in [3.8, 4) is 5.75 Å². The predicted octanol–water partition coefficient (Wildman–Crippen LogP) is 0.597. The fourth-order valence-corrected chi connectivity index (χ4v) is 2.86. The monoisotopic (exact) mass is 300 g/mol. The Balaban J connectivity index is 2.15. The lowest BCUT2D eigenvalue weighted by molar-refractivity contribution is -0.137. The highest BCUT2D eigenvalue weighted by Crippen LogP contribution is 2.61. The molecule has 1 heterocycles. The summed E-state index contributed by atoms with van der Waals surface area (Å²) in [6.07, 6.45) is 0. The molecule has 0 spiro atoms. The Bertz CT molecular complexity index is 553. The van der Waals surface area contributed by atoms with E-state index in [1.165, 1.54) is 11.9 Å². The molecule has 0 radical (unpaired) electrons. The zero-order chi connectivity index (χ0) is 14.8. The van der Waals surface area contributed by atoms with Gasteiger partial charge in [0.05, 0.1) is 0 Å². The summed E-state index contributed by atoms with van der Waals surface area (Å²) in [6.45, 7) is -0.189. The van der Waals surface area contributed by atoms with Gasteiger partial charge in [-0.2, -0.15) is 4.89 Å². The van der Waals surface area contributed by atoms with Gasteiger partial charge in [-0.25, -0.2) is 0 Å². The molecule has 0 amide bonds. The molecule has 1 aromatic rings. The van der Waals surface area contributed by atoms with E-state index in [0.29, 0.717) is 5.75 Å². The molecule has 0 aromatic heterocycles. The van der Waals surface area contributed by atoms with Crippen molar-refractivity contribution in [2.24, 2.45) is 10.5 Å². The number of hydrogen-bond acceptors (Lipinski definition) is 5. The summed E-state index contributed by atoms with van der Waals surface area (Å²) in [5, 5.41) is 8.66. The van der Waals surface area contributed by atoms with Gasteiger partial charge in [-0.15, -0.1) is 4.52 Å². The summed E-state index contributed by atoms with van der Waals surface area (Å²) in [6, 6.07) is 7.09. The van der Waals surface area contributed by atoms with Gasteiger partial charge in [0, 0.05) is 17.4 Å². The number of nitrogens with zero attached hydrogens (tertiary/aromatic N) is 2. The maximum atomic E-state index is 10.6.